The molecular formula is C21H19N3OS. The Morgan fingerprint density at radius 1 is 1.00 bits per heavy atom. The number of azo groups is 1. The van der Waals surface area contributed by atoms with Crippen molar-refractivity contribution in [2.45, 2.75) is 19.9 Å². The maximum Gasteiger partial charge on any atom is 0.230 e. The highest BCUT2D eigenvalue weighted by Gasteiger charge is 2.09. The predicted octanol–water partition coefficient (Wildman–Crippen LogP) is 6.52. The second-order valence-electron chi connectivity index (χ2n) is 5.98. The molecule has 5 heteroatoms. The standard InChI is InChI=1S/C21H19N3OS/c1-2-13-25-19-12-11-15-7-3-4-8-16(15)17(19)14-22-24-21-23-18-9-5-6-10-20(18)26-21/h3-12H,2,13-14H2,1H3. The van der Waals surface area contributed by atoms with Gasteiger partial charge in [-0.2, -0.15) is 5.11 Å². The normalized spacial score (nSPS) is 11.6. The minimum Gasteiger partial charge on any atom is -0.493 e. The van der Waals surface area contributed by atoms with Crippen molar-refractivity contribution in [3.63, 3.8) is 0 Å². The van der Waals surface area contributed by atoms with Crippen LogP contribution in [-0.2, 0) is 6.54 Å². The molecule has 3 aromatic carbocycles. The first-order valence-corrected chi connectivity index (χ1v) is 9.53. The quantitative estimate of drug-likeness (QED) is 0.367. The molecule has 0 saturated carbocycles. The van der Waals surface area contributed by atoms with E-state index in [9.17, 15) is 0 Å². The van der Waals surface area contributed by atoms with Gasteiger partial charge in [0.15, 0.2) is 0 Å². The van der Waals surface area contributed by atoms with Crippen molar-refractivity contribution in [1.82, 2.24) is 4.98 Å². The second kappa shape index (κ2) is 7.62. The molecule has 130 valence electrons. The zero-order chi connectivity index (χ0) is 17.8. The number of thiazole rings is 1. The fraction of sp³-hybridized carbons (Fsp3) is 0.190. The Bertz CT molecular complexity index is 1040. The van der Waals surface area contributed by atoms with Crippen molar-refractivity contribution in [1.29, 1.82) is 0 Å². The van der Waals surface area contributed by atoms with Crippen LogP contribution in [0.5, 0.6) is 5.75 Å². The van der Waals surface area contributed by atoms with Gasteiger partial charge in [-0.3, -0.25) is 0 Å². The van der Waals surface area contributed by atoms with E-state index in [4.69, 9.17) is 4.74 Å². The summed E-state index contributed by atoms with van der Waals surface area (Å²) in [6, 6.07) is 20.4. The molecule has 0 aliphatic carbocycles. The number of nitrogens with zero attached hydrogens (tertiary/aromatic N) is 3. The van der Waals surface area contributed by atoms with Crippen molar-refractivity contribution < 1.29 is 4.74 Å². The Balaban J connectivity index is 1.64. The topological polar surface area (TPSA) is 46.8 Å². The van der Waals surface area contributed by atoms with Crippen LogP contribution in [0.15, 0.2) is 70.9 Å². The minimum absolute atomic E-state index is 0.469. The zero-order valence-electron chi connectivity index (χ0n) is 14.6. The lowest BCUT2D eigenvalue weighted by molar-refractivity contribution is 0.314. The molecule has 0 fully saturated rings. The molecule has 0 atom stereocenters. The van der Waals surface area contributed by atoms with Crippen molar-refractivity contribution >= 4 is 37.5 Å². The number of rotatable bonds is 6. The lowest BCUT2D eigenvalue weighted by Crippen LogP contribution is -1.99. The highest BCUT2D eigenvalue weighted by Crippen LogP contribution is 2.31. The smallest absolute Gasteiger partial charge is 0.230 e. The maximum absolute atomic E-state index is 5.93. The second-order valence-corrected chi connectivity index (χ2v) is 6.98. The van der Waals surface area contributed by atoms with Gasteiger partial charge in [0, 0.05) is 5.56 Å². The van der Waals surface area contributed by atoms with Crippen LogP contribution in [0, 0.1) is 0 Å². The summed E-state index contributed by atoms with van der Waals surface area (Å²) in [5, 5.41) is 11.8. The van der Waals surface area contributed by atoms with Crippen molar-refractivity contribution in [2.24, 2.45) is 10.2 Å². The lowest BCUT2D eigenvalue weighted by atomic mass is 10.0. The summed E-state index contributed by atoms with van der Waals surface area (Å²) in [4.78, 5) is 4.51. The van der Waals surface area contributed by atoms with Gasteiger partial charge in [-0.1, -0.05) is 60.7 Å². The van der Waals surface area contributed by atoms with Gasteiger partial charge >= 0.3 is 0 Å². The number of hydrogen-bond acceptors (Lipinski definition) is 5. The molecule has 4 nitrogen and oxygen atoms in total. The Morgan fingerprint density at radius 3 is 2.73 bits per heavy atom. The van der Waals surface area contributed by atoms with E-state index >= 15 is 0 Å². The summed E-state index contributed by atoms with van der Waals surface area (Å²) in [5.41, 5.74) is 2.03. The molecule has 0 N–H and O–H groups in total. The molecule has 0 aliphatic rings. The molecule has 0 amide bonds. The third-order valence-electron chi connectivity index (χ3n) is 4.13. The largest absolute Gasteiger partial charge is 0.493 e. The highest BCUT2D eigenvalue weighted by molar-refractivity contribution is 7.21. The average molecular weight is 361 g/mol. The fourth-order valence-electron chi connectivity index (χ4n) is 2.90. The summed E-state index contributed by atoms with van der Waals surface area (Å²) >= 11 is 1.55. The Kier molecular flexibility index (Phi) is 4.88. The number of aromatic nitrogens is 1. The average Bonchev–Trinajstić information content (AvgIpc) is 3.10. The minimum atomic E-state index is 0.469. The van der Waals surface area contributed by atoms with Crippen LogP contribution in [0.4, 0.5) is 5.13 Å². The Labute approximate surface area is 156 Å². The molecule has 4 aromatic rings. The molecular weight excluding hydrogens is 342 g/mol. The van der Waals surface area contributed by atoms with E-state index in [1.807, 2.05) is 42.5 Å². The molecule has 26 heavy (non-hydrogen) atoms. The van der Waals surface area contributed by atoms with Crippen molar-refractivity contribution in [2.75, 3.05) is 6.61 Å². The van der Waals surface area contributed by atoms with Gasteiger partial charge in [0.2, 0.25) is 5.13 Å². The first kappa shape index (κ1) is 16.7. The fourth-order valence-corrected chi connectivity index (χ4v) is 3.70. The first-order chi connectivity index (χ1) is 12.8. The molecule has 0 saturated heterocycles. The Hall–Kier alpha value is -2.79. The maximum atomic E-state index is 5.93. The molecule has 1 heterocycles. The van der Waals surface area contributed by atoms with Gasteiger partial charge in [-0.15, -0.1) is 5.11 Å². The summed E-state index contributed by atoms with van der Waals surface area (Å²) in [5.74, 6) is 0.883. The van der Waals surface area contributed by atoms with Gasteiger partial charge in [-0.05, 0) is 35.4 Å². The zero-order valence-corrected chi connectivity index (χ0v) is 15.4. The van der Waals surface area contributed by atoms with Gasteiger partial charge in [0.05, 0.1) is 23.4 Å². The van der Waals surface area contributed by atoms with Crippen LogP contribution in [0.25, 0.3) is 21.0 Å². The van der Waals surface area contributed by atoms with E-state index in [0.717, 1.165) is 33.3 Å². The van der Waals surface area contributed by atoms with Crippen LogP contribution in [-0.4, -0.2) is 11.6 Å². The number of ether oxygens (including phenoxy) is 1. The number of fused-ring (bicyclic) bond motifs is 2. The molecule has 0 unspecified atom stereocenters. The van der Waals surface area contributed by atoms with Crippen LogP contribution in [0.3, 0.4) is 0 Å². The third kappa shape index (κ3) is 3.44. The van der Waals surface area contributed by atoms with Gasteiger partial charge in [0.1, 0.15) is 5.75 Å². The van der Waals surface area contributed by atoms with E-state index in [0.29, 0.717) is 18.3 Å². The van der Waals surface area contributed by atoms with Crippen LogP contribution >= 0.6 is 11.3 Å². The van der Waals surface area contributed by atoms with Gasteiger partial charge in [-0.25, -0.2) is 4.98 Å². The van der Waals surface area contributed by atoms with E-state index in [-0.39, 0.29) is 0 Å². The monoisotopic (exact) mass is 361 g/mol. The molecule has 0 aliphatic heterocycles. The highest BCUT2D eigenvalue weighted by atomic mass is 32.1. The van der Waals surface area contributed by atoms with Gasteiger partial charge in [0.25, 0.3) is 0 Å². The summed E-state index contributed by atoms with van der Waals surface area (Å²) in [7, 11) is 0. The summed E-state index contributed by atoms with van der Waals surface area (Å²) in [6.45, 7) is 3.27. The third-order valence-corrected chi connectivity index (χ3v) is 5.05. The van der Waals surface area contributed by atoms with Crippen molar-refractivity contribution in [3.8, 4) is 5.75 Å². The number of hydrogen-bond donors (Lipinski definition) is 0. The SMILES string of the molecule is CCCOc1ccc2ccccc2c1CN=Nc1nc2ccccc2s1. The number of benzene rings is 3. The van der Waals surface area contributed by atoms with Crippen LogP contribution in [0.1, 0.15) is 18.9 Å². The lowest BCUT2D eigenvalue weighted by Gasteiger charge is -2.12. The molecule has 0 radical (unpaired) electrons. The first-order valence-electron chi connectivity index (χ1n) is 8.71. The molecule has 0 spiro atoms. The van der Waals surface area contributed by atoms with E-state index in [2.05, 4.69) is 40.3 Å². The van der Waals surface area contributed by atoms with E-state index in [1.165, 1.54) is 5.39 Å². The van der Waals surface area contributed by atoms with Gasteiger partial charge < -0.3 is 4.74 Å². The van der Waals surface area contributed by atoms with Crippen LogP contribution < -0.4 is 4.74 Å². The number of para-hydroxylation sites is 1. The predicted molar refractivity (Wildman–Crippen MR) is 108 cm³/mol. The molecule has 4 rings (SSSR count). The van der Waals surface area contributed by atoms with Crippen molar-refractivity contribution in [3.05, 3.63) is 66.2 Å². The molecule has 0 bridgehead atoms. The van der Waals surface area contributed by atoms with E-state index < -0.39 is 0 Å². The van der Waals surface area contributed by atoms with E-state index in [1.54, 1.807) is 11.3 Å². The Morgan fingerprint density at radius 2 is 1.85 bits per heavy atom. The molecule has 1 aromatic heterocycles. The summed E-state index contributed by atoms with van der Waals surface area (Å²) in [6.07, 6.45) is 0.972. The summed E-state index contributed by atoms with van der Waals surface area (Å²) < 4.78 is 7.05. The van der Waals surface area contributed by atoms with Crippen LogP contribution in [0.2, 0.25) is 0 Å².